The summed E-state index contributed by atoms with van der Waals surface area (Å²) in [7, 11) is -2.14. The molecular weight excluding hydrogens is 332 g/mol. The van der Waals surface area contributed by atoms with Crippen molar-refractivity contribution in [2.75, 3.05) is 20.2 Å². The van der Waals surface area contributed by atoms with Crippen LogP contribution >= 0.6 is 0 Å². The summed E-state index contributed by atoms with van der Waals surface area (Å²) in [6, 6.07) is 6.49. The number of esters is 1. The smallest absolute Gasteiger partial charge is 0.306 e. The lowest BCUT2D eigenvalue weighted by molar-refractivity contribution is -0.142. The van der Waals surface area contributed by atoms with Crippen LogP contribution < -0.4 is 5.32 Å². The largest absolute Gasteiger partial charge is 0.469 e. The summed E-state index contributed by atoms with van der Waals surface area (Å²) in [5.41, 5.74) is 0.793. The fourth-order valence-electron chi connectivity index (χ4n) is 2.46. The molecule has 1 saturated heterocycles. The molecule has 1 aromatic carbocycles. The number of benzene rings is 1. The lowest BCUT2D eigenvalue weighted by atomic mass is 10.2. The van der Waals surface area contributed by atoms with E-state index in [1.165, 1.54) is 11.4 Å². The lowest BCUT2D eigenvalue weighted by Gasteiger charge is -2.15. The van der Waals surface area contributed by atoms with Gasteiger partial charge < -0.3 is 10.1 Å². The predicted octanol–water partition coefficient (Wildman–Crippen LogP) is 1.04. The van der Waals surface area contributed by atoms with E-state index in [-0.39, 0.29) is 30.2 Å². The number of hydrogen-bond donors (Lipinski definition) is 1. The molecule has 1 aliphatic rings. The third-order valence-corrected chi connectivity index (χ3v) is 5.81. The van der Waals surface area contributed by atoms with Gasteiger partial charge in [-0.25, -0.2) is 8.42 Å². The Morgan fingerprint density at radius 3 is 2.33 bits per heavy atom. The Kier molecular flexibility index (Phi) is 6.33. The van der Waals surface area contributed by atoms with E-state index in [4.69, 9.17) is 0 Å². The summed E-state index contributed by atoms with van der Waals surface area (Å²) in [4.78, 5) is 22.9. The zero-order valence-electron chi connectivity index (χ0n) is 13.7. The van der Waals surface area contributed by atoms with Crippen LogP contribution in [0.25, 0.3) is 0 Å². The molecule has 7 nitrogen and oxygen atoms in total. The summed E-state index contributed by atoms with van der Waals surface area (Å²) >= 11 is 0. The van der Waals surface area contributed by atoms with E-state index in [1.54, 1.807) is 24.3 Å². The van der Waals surface area contributed by atoms with Crippen LogP contribution in [0.5, 0.6) is 0 Å². The molecule has 0 unspecified atom stereocenters. The Balaban J connectivity index is 1.88. The first-order chi connectivity index (χ1) is 11.4. The standard InChI is InChI=1S/C16H22N2O5S/c1-23-16(20)9-8-15(19)17-12-13-4-6-14(7-5-13)24(21,22)18-10-2-3-11-18/h4-7H,2-3,8-12H2,1H3,(H,17,19). The molecule has 1 aromatic rings. The van der Waals surface area contributed by atoms with E-state index in [0.29, 0.717) is 13.1 Å². The second-order valence-corrected chi connectivity index (χ2v) is 7.55. The maximum atomic E-state index is 12.4. The Labute approximate surface area is 142 Å². The average molecular weight is 354 g/mol. The number of sulfonamides is 1. The molecule has 0 atom stereocenters. The number of carbonyl (C=O) groups excluding carboxylic acids is 2. The number of amides is 1. The third-order valence-electron chi connectivity index (χ3n) is 3.90. The van der Waals surface area contributed by atoms with E-state index in [1.807, 2.05) is 0 Å². The van der Waals surface area contributed by atoms with Gasteiger partial charge in [-0.05, 0) is 30.5 Å². The van der Waals surface area contributed by atoms with Crippen LogP contribution in [-0.2, 0) is 30.9 Å². The molecule has 0 saturated carbocycles. The van der Waals surface area contributed by atoms with Crippen molar-refractivity contribution in [1.82, 2.24) is 9.62 Å². The van der Waals surface area contributed by atoms with Gasteiger partial charge in [-0.3, -0.25) is 9.59 Å². The first-order valence-corrected chi connectivity index (χ1v) is 9.30. The second-order valence-electron chi connectivity index (χ2n) is 5.61. The van der Waals surface area contributed by atoms with E-state index >= 15 is 0 Å². The predicted molar refractivity (Wildman–Crippen MR) is 87.5 cm³/mol. The topological polar surface area (TPSA) is 92.8 Å². The van der Waals surface area contributed by atoms with Gasteiger partial charge in [-0.1, -0.05) is 12.1 Å². The van der Waals surface area contributed by atoms with Gasteiger partial charge >= 0.3 is 5.97 Å². The summed E-state index contributed by atoms with van der Waals surface area (Å²) in [5.74, 6) is -0.684. The van der Waals surface area contributed by atoms with E-state index in [9.17, 15) is 18.0 Å². The van der Waals surface area contributed by atoms with E-state index in [0.717, 1.165) is 18.4 Å². The Bertz CT molecular complexity index is 679. The van der Waals surface area contributed by atoms with Crippen LogP contribution in [0.3, 0.4) is 0 Å². The number of nitrogens with zero attached hydrogens (tertiary/aromatic N) is 1. The highest BCUT2D eigenvalue weighted by Gasteiger charge is 2.26. The third kappa shape index (κ3) is 4.78. The number of rotatable bonds is 7. The van der Waals surface area contributed by atoms with Crippen LogP contribution in [0, 0.1) is 0 Å². The van der Waals surface area contributed by atoms with Crippen LogP contribution in [0.1, 0.15) is 31.2 Å². The molecule has 0 spiro atoms. The highest BCUT2D eigenvalue weighted by molar-refractivity contribution is 7.89. The van der Waals surface area contributed by atoms with Crippen LogP contribution in [0.15, 0.2) is 29.2 Å². The summed E-state index contributed by atoms with van der Waals surface area (Å²) in [6.45, 7) is 1.42. The van der Waals surface area contributed by atoms with Gasteiger partial charge in [0.25, 0.3) is 0 Å². The van der Waals surface area contributed by atoms with Crippen LogP contribution in [-0.4, -0.2) is 44.8 Å². The number of hydrogen-bond acceptors (Lipinski definition) is 5. The zero-order valence-corrected chi connectivity index (χ0v) is 14.5. The molecule has 1 aliphatic heterocycles. The Hall–Kier alpha value is -1.93. The lowest BCUT2D eigenvalue weighted by Crippen LogP contribution is -2.28. The molecule has 0 radical (unpaired) electrons. The molecule has 132 valence electrons. The summed E-state index contributed by atoms with van der Waals surface area (Å²) in [6.07, 6.45) is 1.90. The van der Waals surface area contributed by atoms with E-state index < -0.39 is 16.0 Å². The molecule has 1 fully saturated rings. The van der Waals surface area contributed by atoms with Crippen molar-refractivity contribution < 1.29 is 22.7 Å². The van der Waals surface area contributed by atoms with Gasteiger partial charge in [0.1, 0.15) is 0 Å². The quantitative estimate of drug-likeness (QED) is 0.739. The van der Waals surface area contributed by atoms with Crippen molar-refractivity contribution >= 4 is 21.9 Å². The monoisotopic (exact) mass is 354 g/mol. The van der Waals surface area contributed by atoms with Crippen molar-refractivity contribution in [2.45, 2.75) is 37.1 Å². The van der Waals surface area contributed by atoms with Gasteiger partial charge in [0.05, 0.1) is 18.4 Å². The molecule has 8 heteroatoms. The highest BCUT2D eigenvalue weighted by atomic mass is 32.2. The van der Waals surface area contributed by atoms with Crippen molar-refractivity contribution in [3.8, 4) is 0 Å². The first-order valence-electron chi connectivity index (χ1n) is 7.86. The number of ether oxygens (including phenoxy) is 1. The Morgan fingerprint density at radius 2 is 1.75 bits per heavy atom. The SMILES string of the molecule is COC(=O)CCC(=O)NCc1ccc(S(=O)(=O)N2CCCC2)cc1. The van der Waals surface area contributed by atoms with Crippen molar-refractivity contribution in [3.05, 3.63) is 29.8 Å². The van der Waals surface area contributed by atoms with Gasteiger partial charge in [0.15, 0.2) is 0 Å². The van der Waals surface area contributed by atoms with Crippen molar-refractivity contribution in [1.29, 1.82) is 0 Å². The van der Waals surface area contributed by atoms with Crippen LogP contribution in [0.2, 0.25) is 0 Å². The summed E-state index contributed by atoms with van der Waals surface area (Å²) in [5, 5.41) is 2.69. The van der Waals surface area contributed by atoms with E-state index in [2.05, 4.69) is 10.1 Å². The molecular formula is C16H22N2O5S. The highest BCUT2D eigenvalue weighted by Crippen LogP contribution is 2.21. The second kappa shape index (κ2) is 8.25. The van der Waals surface area contributed by atoms with Gasteiger partial charge in [-0.15, -0.1) is 0 Å². The van der Waals surface area contributed by atoms with Gasteiger partial charge in [-0.2, -0.15) is 4.31 Å². The first kappa shape index (κ1) is 18.4. The minimum absolute atomic E-state index is 0.0371. The van der Waals surface area contributed by atoms with Crippen molar-refractivity contribution in [2.24, 2.45) is 0 Å². The maximum absolute atomic E-state index is 12.4. The molecule has 1 amide bonds. The maximum Gasteiger partial charge on any atom is 0.306 e. The molecule has 0 bridgehead atoms. The molecule has 2 rings (SSSR count). The Morgan fingerprint density at radius 1 is 1.12 bits per heavy atom. The molecule has 24 heavy (non-hydrogen) atoms. The van der Waals surface area contributed by atoms with Gasteiger partial charge in [0.2, 0.25) is 15.9 Å². The zero-order chi connectivity index (χ0) is 17.6. The fraction of sp³-hybridized carbons (Fsp3) is 0.500. The van der Waals surface area contributed by atoms with Gasteiger partial charge in [0, 0.05) is 26.1 Å². The fourth-order valence-corrected chi connectivity index (χ4v) is 3.98. The molecule has 0 aromatic heterocycles. The molecule has 1 heterocycles. The summed E-state index contributed by atoms with van der Waals surface area (Å²) < 4.78 is 30.8. The number of nitrogens with one attached hydrogen (secondary N) is 1. The normalized spacial score (nSPS) is 15.2. The molecule has 0 aliphatic carbocycles. The molecule has 1 N–H and O–H groups in total. The number of carbonyl (C=O) groups is 2. The average Bonchev–Trinajstić information content (AvgIpc) is 3.13. The number of methoxy groups -OCH3 is 1. The minimum atomic E-state index is -3.41. The minimum Gasteiger partial charge on any atom is -0.469 e. The van der Waals surface area contributed by atoms with Crippen LogP contribution in [0.4, 0.5) is 0 Å². The van der Waals surface area contributed by atoms with Crippen molar-refractivity contribution in [3.63, 3.8) is 0 Å².